The summed E-state index contributed by atoms with van der Waals surface area (Å²) in [5, 5.41) is 12.7. The Balaban J connectivity index is 1.86. The van der Waals surface area contributed by atoms with E-state index in [-0.39, 0.29) is 23.6 Å². The van der Waals surface area contributed by atoms with Gasteiger partial charge in [0.2, 0.25) is 0 Å². The fraction of sp³-hybridized carbons (Fsp3) is 0.667. The highest BCUT2D eigenvalue weighted by atomic mass is 16.5. The number of nitrogens with one attached hydrogen (secondary N) is 1. The van der Waals surface area contributed by atoms with E-state index in [1.165, 1.54) is 13.4 Å². The van der Waals surface area contributed by atoms with Crippen LogP contribution in [0.15, 0.2) is 10.7 Å². The molecular formula is C12H18N2O5. The van der Waals surface area contributed by atoms with Gasteiger partial charge in [-0.3, -0.25) is 4.79 Å². The van der Waals surface area contributed by atoms with Gasteiger partial charge in [0, 0.05) is 26.5 Å². The molecule has 3 atom stereocenters. The van der Waals surface area contributed by atoms with E-state index in [0.717, 1.165) is 0 Å². The maximum atomic E-state index is 11.8. The molecule has 0 aromatic carbocycles. The minimum atomic E-state index is -0.655. The van der Waals surface area contributed by atoms with Crippen molar-refractivity contribution in [1.82, 2.24) is 10.3 Å². The molecular weight excluding hydrogens is 252 g/mol. The molecule has 0 aliphatic carbocycles. The van der Waals surface area contributed by atoms with E-state index in [0.29, 0.717) is 25.6 Å². The summed E-state index contributed by atoms with van der Waals surface area (Å²) in [5.74, 6) is -0.0927. The van der Waals surface area contributed by atoms with Crippen molar-refractivity contribution in [3.8, 4) is 0 Å². The largest absolute Gasteiger partial charge is 0.448 e. The Labute approximate surface area is 110 Å². The van der Waals surface area contributed by atoms with Crippen molar-refractivity contribution in [3.05, 3.63) is 17.8 Å². The normalized spacial score (nSPS) is 27.2. The smallest absolute Gasteiger partial charge is 0.273 e. The summed E-state index contributed by atoms with van der Waals surface area (Å²) >= 11 is 0. The zero-order chi connectivity index (χ0) is 13.8. The molecule has 1 amide bonds. The Morgan fingerprint density at radius 1 is 1.63 bits per heavy atom. The number of aliphatic hydroxyl groups is 1. The Kier molecular flexibility index (Phi) is 4.52. The van der Waals surface area contributed by atoms with Gasteiger partial charge in [0.1, 0.15) is 12.4 Å². The maximum Gasteiger partial charge on any atom is 0.273 e. The molecule has 1 fully saturated rings. The lowest BCUT2D eigenvalue weighted by molar-refractivity contribution is -0.132. The van der Waals surface area contributed by atoms with E-state index in [4.69, 9.17) is 13.9 Å². The van der Waals surface area contributed by atoms with Crippen LogP contribution in [0.1, 0.15) is 16.4 Å². The lowest BCUT2D eigenvalue weighted by atomic mass is 9.96. The molecule has 1 saturated heterocycles. The first-order valence-corrected chi connectivity index (χ1v) is 6.10. The molecule has 0 radical (unpaired) electrons. The zero-order valence-electron chi connectivity index (χ0n) is 11.0. The number of oxazole rings is 1. The van der Waals surface area contributed by atoms with Crippen LogP contribution in [0.3, 0.4) is 0 Å². The minimum Gasteiger partial charge on any atom is -0.448 e. The van der Waals surface area contributed by atoms with Gasteiger partial charge in [0.05, 0.1) is 19.3 Å². The number of hydrogen-bond donors (Lipinski definition) is 2. The third kappa shape index (κ3) is 3.31. The monoisotopic (exact) mass is 270 g/mol. The number of aryl methyl sites for hydroxylation is 1. The van der Waals surface area contributed by atoms with Crippen molar-refractivity contribution in [2.75, 3.05) is 26.9 Å². The third-order valence-electron chi connectivity index (χ3n) is 3.16. The first-order valence-electron chi connectivity index (χ1n) is 6.10. The number of amides is 1. The summed E-state index contributed by atoms with van der Waals surface area (Å²) in [5.41, 5.74) is 0.229. The molecule has 0 bridgehead atoms. The van der Waals surface area contributed by atoms with Crippen molar-refractivity contribution in [2.24, 2.45) is 5.92 Å². The van der Waals surface area contributed by atoms with Crippen molar-refractivity contribution >= 4 is 5.91 Å². The number of hydrogen-bond acceptors (Lipinski definition) is 6. The number of carbonyl (C=O) groups excluding carboxylic acids is 1. The average Bonchev–Trinajstić information content (AvgIpc) is 2.84. The predicted octanol–water partition coefficient (Wildman–Crippen LogP) is -0.265. The van der Waals surface area contributed by atoms with E-state index >= 15 is 0 Å². The molecule has 0 saturated carbocycles. The van der Waals surface area contributed by atoms with Crippen LogP contribution in [-0.4, -0.2) is 55.1 Å². The molecule has 2 rings (SSSR count). The summed E-state index contributed by atoms with van der Waals surface area (Å²) in [6.07, 6.45) is 0.291. The quantitative estimate of drug-likeness (QED) is 0.782. The van der Waals surface area contributed by atoms with Crippen molar-refractivity contribution in [3.63, 3.8) is 0 Å². The molecule has 7 nitrogen and oxygen atoms in total. The number of carbonyl (C=O) groups is 1. The van der Waals surface area contributed by atoms with Crippen molar-refractivity contribution < 1.29 is 23.8 Å². The molecule has 1 aliphatic rings. The molecule has 1 aromatic heterocycles. The molecule has 2 heterocycles. The third-order valence-corrected chi connectivity index (χ3v) is 3.16. The van der Waals surface area contributed by atoms with Gasteiger partial charge in [-0.25, -0.2) is 4.98 Å². The average molecular weight is 270 g/mol. The Morgan fingerprint density at radius 3 is 3.05 bits per heavy atom. The second kappa shape index (κ2) is 6.14. The van der Waals surface area contributed by atoms with Gasteiger partial charge >= 0.3 is 0 Å². The second-order valence-electron chi connectivity index (χ2n) is 4.52. The van der Waals surface area contributed by atoms with E-state index < -0.39 is 6.10 Å². The lowest BCUT2D eigenvalue weighted by Crippen LogP contribution is -2.49. The minimum absolute atomic E-state index is 0.198. The van der Waals surface area contributed by atoms with E-state index in [9.17, 15) is 9.90 Å². The molecule has 7 heteroatoms. The van der Waals surface area contributed by atoms with E-state index in [1.807, 2.05) is 0 Å². The lowest BCUT2D eigenvalue weighted by Gasteiger charge is -2.33. The molecule has 19 heavy (non-hydrogen) atoms. The van der Waals surface area contributed by atoms with Crippen LogP contribution in [0.4, 0.5) is 0 Å². The maximum absolute atomic E-state index is 11.8. The van der Waals surface area contributed by atoms with Gasteiger partial charge < -0.3 is 24.3 Å². The number of ether oxygens (including phenoxy) is 2. The van der Waals surface area contributed by atoms with Crippen LogP contribution in [-0.2, 0) is 9.47 Å². The topological polar surface area (TPSA) is 93.8 Å². The van der Waals surface area contributed by atoms with Crippen LogP contribution < -0.4 is 5.32 Å². The zero-order valence-corrected chi connectivity index (χ0v) is 11.0. The van der Waals surface area contributed by atoms with E-state index in [1.54, 1.807) is 6.92 Å². The van der Waals surface area contributed by atoms with Gasteiger partial charge in [0.25, 0.3) is 5.91 Å². The summed E-state index contributed by atoms with van der Waals surface area (Å²) in [7, 11) is 1.52. The van der Waals surface area contributed by atoms with Crippen LogP contribution in [0.25, 0.3) is 0 Å². The van der Waals surface area contributed by atoms with E-state index in [2.05, 4.69) is 10.3 Å². The fourth-order valence-corrected chi connectivity index (χ4v) is 2.01. The molecule has 0 unspecified atom stereocenters. The number of rotatable bonds is 4. The highest BCUT2D eigenvalue weighted by Gasteiger charge is 2.32. The predicted molar refractivity (Wildman–Crippen MR) is 64.7 cm³/mol. The number of aromatic nitrogens is 1. The van der Waals surface area contributed by atoms with Gasteiger partial charge in [-0.15, -0.1) is 0 Å². The van der Waals surface area contributed by atoms with Gasteiger partial charge in [-0.1, -0.05) is 0 Å². The highest BCUT2D eigenvalue weighted by Crippen LogP contribution is 2.16. The van der Waals surface area contributed by atoms with Gasteiger partial charge in [0.15, 0.2) is 11.6 Å². The molecule has 0 spiro atoms. The first-order chi connectivity index (χ1) is 9.11. The Bertz CT molecular complexity index is 434. The Hall–Kier alpha value is -1.44. The second-order valence-corrected chi connectivity index (χ2v) is 4.52. The SMILES string of the molecule is CO[C@@H]1COC[C@@H](CNC(=O)c2coc(C)n2)[C@@H]1O. The van der Waals surface area contributed by atoms with Gasteiger partial charge in [-0.05, 0) is 0 Å². The van der Waals surface area contributed by atoms with Crippen LogP contribution in [0.5, 0.6) is 0 Å². The summed E-state index contributed by atoms with van der Waals surface area (Å²) in [6.45, 7) is 2.72. The summed E-state index contributed by atoms with van der Waals surface area (Å²) < 4.78 is 15.4. The first kappa shape index (κ1) is 14.0. The van der Waals surface area contributed by atoms with Crippen molar-refractivity contribution in [2.45, 2.75) is 19.1 Å². The highest BCUT2D eigenvalue weighted by molar-refractivity contribution is 5.91. The molecule has 1 aliphatic heterocycles. The fourth-order valence-electron chi connectivity index (χ4n) is 2.01. The molecule has 1 aromatic rings. The number of methoxy groups -OCH3 is 1. The summed E-state index contributed by atoms with van der Waals surface area (Å²) in [4.78, 5) is 15.7. The number of aliphatic hydroxyl groups excluding tert-OH is 1. The standard InChI is InChI=1S/C12H18N2O5/c1-7-14-9(5-19-7)12(16)13-3-8-4-18-6-10(17-2)11(8)15/h5,8,10-11,15H,3-4,6H2,1-2H3,(H,13,16)/t8-,10-,11+/m1/s1. The van der Waals surface area contributed by atoms with Gasteiger partial charge in [-0.2, -0.15) is 0 Å². The summed E-state index contributed by atoms with van der Waals surface area (Å²) in [6, 6.07) is 0. The van der Waals surface area contributed by atoms with Crippen LogP contribution in [0.2, 0.25) is 0 Å². The Morgan fingerprint density at radius 2 is 2.42 bits per heavy atom. The number of nitrogens with zero attached hydrogens (tertiary/aromatic N) is 1. The van der Waals surface area contributed by atoms with Crippen LogP contribution >= 0.6 is 0 Å². The van der Waals surface area contributed by atoms with Crippen molar-refractivity contribution in [1.29, 1.82) is 0 Å². The molecule has 2 N–H and O–H groups in total. The van der Waals surface area contributed by atoms with Crippen LogP contribution in [0, 0.1) is 12.8 Å². The molecule has 106 valence electrons.